The molecule has 0 bridgehead atoms. The Kier molecular flexibility index (Phi) is 4.35. The Labute approximate surface area is 114 Å². The molecule has 0 saturated heterocycles. The molecule has 0 unspecified atom stereocenters. The molecule has 0 spiro atoms. The first-order valence-corrected chi connectivity index (χ1v) is 6.86. The summed E-state index contributed by atoms with van der Waals surface area (Å²) >= 11 is 0. The van der Waals surface area contributed by atoms with Crippen molar-refractivity contribution in [3.05, 3.63) is 17.6 Å². The van der Waals surface area contributed by atoms with E-state index >= 15 is 0 Å². The summed E-state index contributed by atoms with van der Waals surface area (Å²) in [7, 11) is 1.39. The SMILES string of the molecule is CCCCN(c1nc(C)ncc1C(=O)OC)C1CC1. The molecule has 0 N–H and O–H groups in total. The summed E-state index contributed by atoms with van der Waals surface area (Å²) in [6.45, 7) is 4.94. The minimum atomic E-state index is -0.364. The van der Waals surface area contributed by atoms with Gasteiger partial charge in [-0.3, -0.25) is 0 Å². The van der Waals surface area contributed by atoms with Gasteiger partial charge in [0.15, 0.2) is 0 Å². The predicted molar refractivity (Wildman–Crippen MR) is 73.4 cm³/mol. The number of rotatable bonds is 6. The van der Waals surface area contributed by atoms with E-state index < -0.39 is 0 Å². The average Bonchev–Trinajstić information content (AvgIpc) is 3.23. The van der Waals surface area contributed by atoms with E-state index in [1.165, 1.54) is 20.0 Å². The van der Waals surface area contributed by atoms with Crippen molar-refractivity contribution in [1.29, 1.82) is 0 Å². The van der Waals surface area contributed by atoms with Gasteiger partial charge in [-0.05, 0) is 26.2 Å². The second-order valence-corrected chi connectivity index (χ2v) is 4.92. The van der Waals surface area contributed by atoms with E-state index in [0.29, 0.717) is 17.4 Å². The van der Waals surface area contributed by atoms with Crippen LogP contribution < -0.4 is 4.90 Å². The first-order chi connectivity index (χ1) is 9.17. The van der Waals surface area contributed by atoms with Crippen molar-refractivity contribution in [3.8, 4) is 0 Å². The van der Waals surface area contributed by atoms with Gasteiger partial charge in [0, 0.05) is 18.8 Å². The Hall–Kier alpha value is -1.65. The number of carbonyl (C=O) groups is 1. The molecule has 104 valence electrons. The second kappa shape index (κ2) is 5.99. The summed E-state index contributed by atoms with van der Waals surface area (Å²) in [5.41, 5.74) is 0.469. The molecule has 19 heavy (non-hydrogen) atoms. The number of hydrogen-bond donors (Lipinski definition) is 0. The third kappa shape index (κ3) is 3.22. The quantitative estimate of drug-likeness (QED) is 0.737. The fourth-order valence-electron chi connectivity index (χ4n) is 2.11. The zero-order valence-corrected chi connectivity index (χ0v) is 11.8. The fourth-order valence-corrected chi connectivity index (χ4v) is 2.11. The lowest BCUT2D eigenvalue weighted by Crippen LogP contribution is -2.30. The van der Waals surface area contributed by atoms with Crippen molar-refractivity contribution in [3.63, 3.8) is 0 Å². The van der Waals surface area contributed by atoms with Crippen LogP contribution in [0.15, 0.2) is 6.20 Å². The molecule has 1 aliphatic carbocycles. The molecule has 1 aliphatic rings. The van der Waals surface area contributed by atoms with Gasteiger partial charge in [0.05, 0.1) is 7.11 Å². The van der Waals surface area contributed by atoms with Crippen molar-refractivity contribution >= 4 is 11.8 Å². The summed E-state index contributed by atoms with van der Waals surface area (Å²) in [4.78, 5) is 22.7. The van der Waals surface area contributed by atoms with E-state index in [-0.39, 0.29) is 5.97 Å². The van der Waals surface area contributed by atoms with Gasteiger partial charge >= 0.3 is 5.97 Å². The molecule has 5 heteroatoms. The molecule has 1 heterocycles. The van der Waals surface area contributed by atoms with Gasteiger partial charge in [-0.2, -0.15) is 0 Å². The topological polar surface area (TPSA) is 55.3 Å². The number of methoxy groups -OCH3 is 1. The highest BCUT2D eigenvalue weighted by atomic mass is 16.5. The number of ether oxygens (including phenoxy) is 1. The molecule has 1 aromatic heterocycles. The maximum absolute atomic E-state index is 11.8. The Bertz CT molecular complexity index is 458. The molecule has 0 radical (unpaired) electrons. The van der Waals surface area contributed by atoms with Crippen molar-refractivity contribution in [2.24, 2.45) is 0 Å². The maximum Gasteiger partial charge on any atom is 0.343 e. The van der Waals surface area contributed by atoms with Crippen LogP contribution in [0.3, 0.4) is 0 Å². The highest BCUT2D eigenvalue weighted by molar-refractivity contribution is 5.94. The van der Waals surface area contributed by atoms with E-state index in [1.807, 2.05) is 6.92 Å². The van der Waals surface area contributed by atoms with Crippen LogP contribution in [-0.4, -0.2) is 35.6 Å². The summed E-state index contributed by atoms with van der Waals surface area (Å²) in [5.74, 6) is 1.05. The standard InChI is InChI=1S/C14H21N3O2/c1-4-5-8-17(11-6-7-11)13-12(14(18)19-3)9-15-10(2)16-13/h9,11H,4-8H2,1-3H3. The number of esters is 1. The van der Waals surface area contributed by atoms with E-state index in [2.05, 4.69) is 21.8 Å². The Morgan fingerprint density at radius 3 is 2.84 bits per heavy atom. The smallest absolute Gasteiger partial charge is 0.343 e. The van der Waals surface area contributed by atoms with E-state index in [0.717, 1.165) is 25.2 Å². The first-order valence-electron chi connectivity index (χ1n) is 6.86. The first kappa shape index (κ1) is 13.8. The Morgan fingerprint density at radius 1 is 1.53 bits per heavy atom. The van der Waals surface area contributed by atoms with Crippen LogP contribution >= 0.6 is 0 Å². The van der Waals surface area contributed by atoms with Gasteiger partial charge in [-0.1, -0.05) is 13.3 Å². The van der Waals surface area contributed by atoms with Crippen LogP contribution in [0.25, 0.3) is 0 Å². The highest BCUT2D eigenvalue weighted by Gasteiger charge is 2.32. The zero-order chi connectivity index (χ0) is 13.8. The van der Waals surface area contributed by atoms with Crippen LogP contribution in [0.4, 0.5) is 5.82 Å². The normalized spacial score (nSPS) is 14.3. The Morgan fingerprint density at radius 2 is 2.26 bits per heavy atom. The second-order valence-electron chi connectivity index (χ2n) is 4.92. The minimum absolute atomic E-state index is 0.364. The van der Waals surface area contributed by atoms with Crippen LogP contribution in [0.5, 0.6) is 0 Å². The maximum atomic E-state index is 11.8. The Balaban J connectivity index is 2.33. The number of hydrogen-bond acceptors (Lipinski definition) is 5. The van der Waals surface area contributed by atoms with Crippen LogP contribution in [0, 0.1) is 6.92 Å². The van der Waals surface area contributed by atoms with Crippen molar-refractivity contribution in [2.45, 2.75) is 45.6 Å². The lowest BCUT2D eigenvalue weighted by molar-refractivity contribution is 0.0600. The lowest BCUT2D eigenvalue weighted by Gasteiger charge is -2.25. The molecular weight excluding hydrogens is 242 g/mol. The summed E-state index contributed by atoms with van der Waals surface area (Å²) in [6, 6.07) is 0.518. The largest absolute Gasteiger partial charge is 0.465 e. The molecule has 5 nitrogen and oxygen atoms in total. The molecule has 0 atom stereocenters. The average molecular weight is 263 g/mol. The molecule has 0 aliphatic heterocycles. The molecule has 0 amide bonds. The van der Waals surface area contributed by atoms with E-state index in [4.69, 9.17) is 4.74 Å². The molecule has 1 saturated carbocycles. The zero-order valence-electron chi connectivity index (χ0n) is 11.8. The summed E-state index contributed by atoms with van der Waals surface area (Å²) in [5, 5.41) is 0. The highest BCUT2D eigenvalue weighted by Crippen LogP contribution is 2.32. The van der Waals surface area contributed by atoms with Crippen LogP contribution in [-0.2, 0) is 4.74 Å². The van der Waals surface area contributed by atoms with E-state index in [1.54, 1.807) is 6.20 Å². The summed E-state index contributed by atoms with van der Waals surface area (Å²) in [6.07, 6.45) is 6.15. The number of nitrogens with zero attached hydrogens (tertiary/aromatic N) is 3. The molecular formula is C14H21N3O2. The number of unbranched alkanes of at least 4 members (excludes halogenated alkanes) is 1. The number of aryl methyl sites for hydroxylation is 1. The third-order valence-electron chi connectivity index (χ3n) is 3.31. The molecule has 1 aromatic rings. The molecule has 0 aromatic carbocycles. The van der Waals surface area contributed by atoms with Crippen molar-refractivity contribution in [1.82, 2.24) is 9.97 Å². The summed E-state index contributed by atoms with van der Waals surface area (Å²) < 4.78 is 4.83. The van der Waals surface area contributed by atoms with Gasteiger partial charge in [0.1, 0.15) is 17.2 Å². The minimum Gasteiger partial charge on any atom is -0.465 e. The van der Waals surface area contributed by atoms with Gasteiger partial charge < -0.3 is 9.64 Å². The third-order valence-corrected chi connectivity index (χ3v) is 3.31. The number of aromatic nitrogens is 2. The van der Waals surface area contributed by atoms with Crippen LogP contribution in [0.2, 0.25) is 0 Å². The van der Waals surface area contributed by atoms with E-state index in [9.17, 15) is 4.79 Å². The lowest BCUT2D eigenvalue weighted by atomic mass is 10.2. The fraction of sp³-hybridized carbons (Fsp3) is 0.643. The van der Waals surface area contributed by atoms with Crippen LogP contribution in [0.1, 0.15) is 48.8 Å². The molecule has 2 rings (SSSR count). The van der Waals surface area contributed by atoms with Gasteiger partial charge in [-0.25, -0.2) is 14.8 Å². The number of anilines is 1. The van der Waals surface area contributed by atoms with Gasteiger partial charge in [-0.15, -0.1) is 0 Å². The van der Waals surface area contributed by atoms with Crippen molar-refractivity contribution < 1.29 is 9.53 Å². The number of carbonyl (C=O) groups excluding carboxylic acids is 1. The monoisotopic (exact) mass is 263 g/mol. The molecule has 1 fully saturated rings. The van der Waals surface area contributed by atoms with Gasteiger partial charge in [0.2, 0.25) is 0 Å². The van der Waals surface area contributed by atoms with Crippen molar-refractivity contribution in [2.75, 3.05) is 18.6 Å². The van der Waals surface area contributed by atoms with Gasteiger partial charge in [0.25, 0.3) is 0 Å². The predicted octanol–water partition coefficient (Wildman–Crippen LogP) is 2.34.